The Morgan fingerprint density at radius 2 is 1.69 bits per heavy atom. The molecule has 6 nitrogen and oxygen atoms in total. The highest BCUT2D eigenvalue weighted by molar-refractivity contribution is 8.00. The van der Waals surface area contributed by atoms with E-state index in [1.54, 1.807) is 26.1 Å². The average Bonchev–Trinajstić information content (AvgIpc) is 2.80. The van der Waals surface area contributed by atoms with E-state index < -0.39 is 23.0 Å². The summed E-state index contributed by atoms with van der Waals surface area (Å²) in [6, 6.07) is 8.26. The van der Waals surface area contributed by atoms with E-state index in [9.17, 15) is 22.8 Å². The number of aromatic nitrogens is 1. The minimum absolute atomic E-state index is 0.0212. The number of thioether (sulfide) groups is 1. The number of carbonyl (C=O) groups is 2. The van der Waals surface area contributed by atoms with E-state index in [0.29, 0.717) is 5.82 Å². The molecule has 1 aromatic heterocycles. The van der Waals surface area contributed by atoms with E-state index in [4.69, 9.17) is 0 Å². The number of alkyl halides is 3. The summed E-state index contributed by atoms with van der Waals surface area (Å²) in [5, 5.41) is 3.27. The van der Waals surface area contributed by atoms with Crippen molar-refractivity contribution < 1.29 is 22.8 Å². The molecule has 0 aliphatic carbocycles. The molecule has 1 aliphatic rings. The van der Waals surface area contributed by atoms with E-state index in [0.717, 1.165) is 10.5 Å². The summed E-state index contributed by atoms with van der Waals surface area (Å²) in [6.45, 7) is 9.49. The van der Waals surface area contributed by atoms with Gasteiger partial charge in [0, 0.05) is 23.2 Å². The van der Waals surface area contributed by atoms with Crippen molar-refractivity contribution in [2.24, 2.45) is 0 Å². The molecule has 0 unspecified atom stereocenters. The highest BCUT2D eigenvalue weighted by atomic mass is 32.2. The van der Waals surface area contributed by atoms with Gasteiger partial charge in [0.1, 0.15) is 11.4 Å². The van der Waals surface area contributed by atoms with Crippen molar-refractivity contribution in [2.45, 2.75) is 62.6 Å². The van der Waals surface area contributed by atoms with Gasteiger partial charge >= 0.3 is 11.5 Å². The Morgan fingerprint density at radius 3 is 2.25 bits per heavy atom. The normalized spacial score (nSPS) is 16.6. The first-order chi connectivity index (χ1) is 14.7. The first-order valence-electron chi connectivity index (χ1n) is 9.92. The van der Waals surface area contributed by atoms with Gasteiger partial charge in [0.2, 0.25) is 0 Å². The van der Waals surface area contributed by atoms with Gasteiger partial charge in [-0.25, -0.2) is 14.7 Å². The molecule has 1 saturated heterocycles. The molecule has 0 bridgehead atoms. The predicted octanol–water partition coefficient (Wildman–Crippen LogP) is 5.65. The Kier molecular flexibility index (Phi) is 6.21. The molecular formula is C22H25F3N4O2S. The molecule has 1 aromatic carbocycles. The van der Waals surface area contributed by atoms with Gasteiger partial charge in [-0.2, -0.15) is 13.2 Å². The molecule has 3 rings (SSSR count). The molecule has 1 fully saturated rings. The Labute approximate surface area is 189 Å². The smallest absolute Gasteiger partial charge is 0.365 e. The number of nitrogens with zero attached hydrogens (tertiary/aromatic N) is 3. The summed E-state index contributed by atoms with van der Waals surface area (Å²) in [5.41, 5.74) is -4.72. The molecule has 172 valence electrons. The third kappa shape index (κ3) is 5.35. The molecule has 0 atom stereocenters. The van der Waals surface area contributed by atoms with E-state index in [-0.39, 0.29) is 34.4 Å². The zero-order chi connectivity index (χ0) is 23.9. The fourth-order valence-electron chi connectivity index (χ4n) is 3.33. The van der Waals surface area contributed by atoms with Crippen LogP contribution < -0.4 is 10.2 Å². The maximum atomic E-state index is 13.2. The summed E-state index contributed by atoms with van der Waals surface area (Å²) in [5.74, 6) is 0.209. The standard InChI is InChI=1S/C22H25F3N4O2S/c1-20(2,3)27-17-12-14(10-11-26-17)13-28-19(31)29(18(30)21(28,4)5)15-6-8-16(9-7-15)32-22(23,24)25/h6-12H,13H2,1-5H3,(H,26,27). The zero-order valence-electron chi connectivity index (χ0n) is 18.4. The van der Waals surface area contributed by atoms with Crippen LogP contribution in [-0.2, 0) is 11.3 Å². The third-order valence-electron chi connectivity index (χ3n) is 4.82. The number of halogens is 3. The van der Waals surface area contributed by atoms with Crippen molar-refractivity contribution in [1.82, 2.24) is 9.88 Å². The number of rotatable bonds is 5. The maximum Gasteiger partial charge on any atom is 0.446 e. The lowest BCUT2D eigenvalue weighted by molar-refractivity contribution is -0.123. The number of anilines is 2. The van der Waals surface area contributed by atoms with Crippen molar-refractivity contribution >= 4 is 35.2 Å². The van der Waals surface area contributed by atoms with Crippen LogP contribution >= 0.6 is 11.8 Å². The zero-order valence-corrected chi connectivity index (χ0v) is 19.3. The molecule has 2 aromatic rings. The second-order valence-corrected chi connectivity index (χ2v) is 10.2. The minimum atomic E-state index is -4.41. The number of nitrogens with one attached hydrogen (secondary N) is 1. The van der Waals surface area contributed by atoms with Crippen LogP contribution in [0.2, 0.25) is 0 Å². The minimum Gasteiger partial charge on any atom is -0.365 e. The molecule has 10 heteroatoms. The Hall–Kier alpha value is -2.75. The topological polar surface area (TPSA) is 65.5 Å². The third-order valence-corrected chi connectivity index (χ3v) is 5.56. The predicted molar refractivity (Wildman–Crippen MR) is 118 cm³/mol. The molecule has 32 heavy (non-hydrogen) atoms. The van der Waals surface area contributed by atoms with E-state index in [1.807, 2.05) is 26.8 Å². The number of imide groups is 1. The average molecular weight is 467 g/mol. The fraction of sp³-hybridized carbons (Fsp3) is 0.409. The molecule has 1 aliphatic heterocycles. The van der Waals surface area contributed by atoms with Crippen LogP contribution in [-0.4, -0.2) is 38.4 Å². The largest absolute Gasteiger partial charge is 0.446 e. The van der Waals surface area contributed by atoms with Gasteiger partial charge < -0.3 is 10.2 Å². The van der Waals surface area contributed by atoms with Crippen molar-refractivity contribution in [1.29, 1.82) is 0 Å². The molecule has 0 saturated carbocycles. The molecule has 1 N–H and O–H groups in total. The van der Waals surface area contributed by atoms with Crippen LogP contribution in [0.3, 0.4) is 0 Å². The van der Waals surface area contributed by atoms with Gasteiger partial charge in [-0.05, 0) is 88.3 Å². The first kappa shape index (κ1) is 23.9. The molecule has 0 spiro atoms. The van der Waals surface area contributed by atoms with E-state index in [1.165, 1.54) is 29.2 Å². The monoisotopic (exact) mass is 466 g/mol. The SMILES string of the molecule is CC(C)(C)Nc1cc(CN2C(=O)N(c3ccc(SC(F)(F)F)cc3)C(=O)C2(C)C)ccn1. The van der Waals surface area contributed by atoms with Crippen molar-refractivity contribution in [3.8, 4) is 0 Å². The Bertz CT molecular complexity index is 1020. The fourth-order valence-corrected chi connectivity index (χ4v) is 3.87. The van der Waals surface area contributed by atoms with Crippen molar-refractivity contribution in [3.63, 3.8) is 0 Å². The van der Waals surface area contributed by atoms with Crippen molar-refractivity contribution in [3.05, 3.63) is 48.2 Å². The number of hydrogen-bond acceptors (Lipinski definition) is 5. The summed E-state index contributed by atoms with van der Waals surface area (Å²) < 4.78 is 37.7. The molecule has 2 heterocycles. The Morgan fingerprint density at radius 1 is 1.06 bits per heavy atom. The molecule has 0 radical (unpaired) electrons. The lowest BCUT2D eigenvalue weighted by Crippen LogP contribution is -2.43. The number of amides is 3. The van der Waals surface area contributed by atoms with Gasteiger partial charge in [-0.15, -0.1) is 0 Å². The van der Waals surface area contributed by atoms with Crippen LogP contribution in [0.25, 0.3) is 0 Å². The second kappa shape index (κ2) is 8.31. The summed E-state index contributed by atoms with van der Waals surface area (Å²) in [7, 11) is 0. The molecular weight excluding hydrogens is 441 g/mol. The lowest BCUT2D eigenvalue weighted by Gasteiger charge is -2.28. The van der Waals surface area contributed by atoms with E-state index >= 15 is 0 Å². The van der Waals surface area contributed by atoms with Crippen LogP contribution in [0.4, 0.5) is 29.5 Å². The van der Waals surface area contributed by atoms with Gasteiger partial charge in [-0.1, -0.05) is 0 Å². The highest BCUT2D eigenvalue weighted by Gasteiger charge is 2.51. The van der Waals surface area contributed by atoms with Crippen LogP contribution in [0.1, 0.15) is 40.2 Å². The van der Waals surface area contributed by atoms with Gasteiger partial charge in [0.15, 0.2) is 0 Å². The highest BCUT2D eigenvalue weighted by Crippen LogP contribution is 2.39. The number of carbonyl (C=O) groups excluding carboxylic acids is 2. The maximum absolute atomic E-state index is 13.2. The summed E-state index contributed by atoms with van der Waals surface area (Å²) >= 11 is -0.250. The molecule has 3 amide bonds. The summed E-state index contributed by atoms with van der Waals surface area (Å²) in [6.07, 6.45) is 1.63. The first-order valence-corrected chi connectivity index (χ1v) is 10.7. The van der Waals surface area contributed by atoms with Crippen molar-refractivity contribution in [2.75, 3.05) is 10.2 Å². The number of urea groups is 1. The number of hydrogen-bond donors (Lipinski definition) is 1. The van der Waals surface area contributed by atoms with Gasteiger partial charge in [0.25, 0.3) is 5.91 Å². The van der Waals surface area contributed by atoms with E-state index in [2.05, 4.69) is 10.3 Å². The number of pyridine rings is 1. The van der Waals surface area contributed by atoms with Crippen LogP contribution in [0.15, 0.2) is 47.5 Å². The van der Waals surface area contributed by atoms with Gasteiger partial charge in [0.05, 0.1) is 5.69 Å². The Balaban J connectivity index is 1.83. The lowest BCUT2D eigenvalue weighted by atomic mass is 10.0. The number of benzene rings is 1. The van der Waals surface area contributed by atoms with Crippen LogP contribution in [0, 0.1) is 0 Å². The second-order valence-electron chi connectivity index (χ2n) is 9.03. The van der Waals surface area contributed by atoms with Crippen LogP contribution in [0.5, 0.6) is 0 Å². The quantitative estimate of drug-likeness (QED) is 0.456. The summed E-state index contributed by atoms with van der Waals surface area (Å²) in [4.78, 5) is 33.0. The van der Waals surface area contributed by atoms with Gasteiger partial charge in [-0.3, -0.25) is 4.79 Å².